The number of carbonyl (C=O) groups is 1. The van der Waals surface area contributed by atoms with E-state index in [1.807, 2.05) is 36.1 Å². The smallest absolute Gasteiger partial charge is 0.293 e. The summed E-state index contributed by atoms with van der Waals surface area (Å²) >= 11 is 6.00. The lowest BCUT2D eigenvalue weighted by atomic mass is 10.2. The van der Waals surface area contributed by atoms with E-state index < -0.39 is 0 Å². The van der Waals surface area contributed by atoms with Crippen LogP contribution in [0.4, 0.5) is 5.82 Å². The van der Waals surface area contributed by atoms with Gasteiger partial charge in [-0.3, -0.25) is 9.59 Å². The molecular weight excluding hydrogens is 376 g/mol. The highest BCUT2D eigenvalue weighted by Crippen LogP contribution is 2.18. The largest absolute Gasteiger partial charge is 0.348 e. The summed E-state index contributed by atoms with van der Waals surface area (Å²) in [4.78, 5) is 34.0. The number of hydrogen-bond acceptors (Lipinski definition) is 4. The Balaban J connectivity index is 1.56. The van der Waals surface area contributed by atoms with E-state index in [-0.39, 0.29) is 11.5 Å². The van der Waals surface area contributed by atoms with Crippen LogP contribution in [0.5, 0.6) is 0 Å². The molecule has 2 heterocycles. The molecule has 2 aromatic carbocycles. The molecule has 28 heavy (non-hydrogen) atoms. The van der Waals surface area contributed by atoms with Crippen LogP contribution in [0.25, 0.3) is 11.0 Å². The Kier molecular flexibility index (Phi) is 5.05. The minimum atomic E-state index is -0.0872. The molecule has 0 atom stereocenters. The van der Waals surface area contributed by atoms with Gasteiger partial charge in [0.2, 0.25) is 0 Å². The van der Waals surface area contributed by atoms with Gasteiger partial charge in [0.1, 0.15) is 0 Å². The Hall–Kier alpha value is -2.86. The van der Waals surface area contributed by atoms with Crippen LogP contribution in [0.1, 0.15) is 17.3 Å². The predicted molar refractivity (Wildman–Crippen MR) is 111 cm³/mol. The summed E-state index contributed by atoms with van der Waals surface area (Å²) in [5.74, 6) is 0.412. The monoisotopic (exact) mass is 396 g/mol. The molecule has 1 aliphatic heterocycles. The second-order valence-electron chi connectivity index (χ2n) is 6.76. The Morgan fingerprint density at radius 2 is 1.82 bits per heavy atom. The van der Waals surface area contributed by atoms with Crippen LogP contribution in [0.3, 0.4) is 0 Å². The van der Waals surface area contributed by atoms with Crippen LogP contribution in [-0.4, -0.2) is 46.5 Å². The molecule has 0 radical (unpaired) electrons. The number of para-hydroxylation sites is 2. The third-order valence-corrected chi connectivity index (χ3v) is 5.32. The van der Waals surface area contributed by atoms with Crippen LogP contribution in [-0.2, 0) is 6.54 Å². The van der Waals surface area contributed by atoms with Gasteiger partial charge in [0.25, 0.3) is 11.5 Å². The number of anilines is 1. The minimum Gasteiger partial charge on any atom is -0.348 e. The lowest BCUT2D eigenvalue weighted by Crippen LogP contribution is -2.50. The van der Waals surface area contributed by atoms with Crippen molar-refractivity contribution >= 4 is 34.4 Å². The third kappa shape index (κ3) is 3.36. The molecule has 4 rings (SSSR count). The third-order valence-electron chi connectivity index (χ3n) is 5.09. The number of carbonyl (C=O) groups excluding carboxylic acids is 1. The second kappa shape index (κ2) is 7.64. The zero-order valence-electron chi connectivity index (χ0n) is 15.6. The van der Waals surface area contributed by atoms with Crippen molar-refractivity contribution in [1.29, 1.82) is 0 Å². The van der Waals surface area contributed by atoms with Crippen LogP contribution in [0.15, 0.2) is 53.3 Å². The van der Waals surface area contributed by atoms with Crippen molar-refractivity contribution in [2.45, 2.75) is 13.5 Å². The van der Waals surface area contributed by atoms with Crippen LogP contribution in [0.2, 0.25) is 5.02 Å². The first-order chi connectivity index (χ1) is 13.6. The van der Waals surface area contributed by atoms with Gasteiger partial charge >= 0.3 is 0 Å². The fraction of sp³-hybridized carbons (Fsp3) is 0.286. The van der Waals surface area contributed by atoms with Gasteiger partial charge in [-0.25, -0.2) is 4.98 Å². The Morgan fingerprint density at radius 1 is 1.07 bits per heavy atom. The zero-order chi connectivity index (χ0) is 19.7. The molecule has 1 aromatic heterocycles. The first-order valence-corrected chi connectivity index (χ1v) is 9.75. The summed E-state index contributed by atoms with van der Waals surface area (Å²) in [5.41, 5.74) is 2.14. The molecule has 6 nitrogen and oxygen atoms in total. The van der Waals surface area contributed by atoms with Gasteiger partial charge in [-0.05, 0) is 37.3 Å². The zero-order valence-corrected chi connectivity index (χ0v) is 16.4. The van der Waals surface area contributed by atoms with E-state index >= 15 is 0 Å². The molecule has 1 aliphatic rings. The van der Waals surface area contributed by atoms with Gasteiger partial charge in [0.15, 0.2) is 5.82 Å². The van der Waals surface area contributed by atoms with Crippen molar-refractivity contribution in [3.63, 3.8) is 0 Å². The number of benzene rings is 2. The average molecular weight is 397 g/mol. The Labute approximate surface area is 168 Å². The molecule has 0 aliphatic carbocycles. The molecule has 0 saturated carbocycles. The fourth-order valence-electron chi connectivity index (χ4n) is 3.62. The number of amides is 1. The first kappa shape index (κ1) is 18.5. The number of aryl methyl sites for hydroxylation is 1. The maximum atomic E-state index is 13.0. The van der Waals surface area contributed by atoms with E-state index in [1.54, 1.807) is 33.7 Å². The van der Waals surface area contributed by atoms with Crippen molar-refractivity contribution in [3.05, 3.63) is 69.5 Å². The predicted octanol–water partition coefficient (Wildman–Crippen LogP) is 3.03. The number of fused-ring (bicyclic) bond motifs is 1. The standard InChI is InChI=1S/C21H21ClN4O2/c1-2-26-18-9-4-3-8-17(18)23-19(21(26)28)24-10-12-25(13-11-24)20(27)15-6-5-7-16(22)14-15/h3-9,14H,2,10-13H2,1H3. The number of piperazine rings is 1. The van der Waals surface area contributed by atoms with Crippen molar-refractivity contribution in [1.82, 2.24) is 14.5 Å². The number of aromatic nitrogens is 2. The average Bonchev–Trinajstić information content (AvgIpc) is 2.73. The van der Waals surface area contributed by atoms with E-state index in [1.165, 1.54) is 0 Å². The molecule has 0 N–H and O–H groups in total. The maximum Gasteiger partial charge on any atom is 0.293 e. The topological polar surface area (TPSA) is 58.4 Å². The summed E-state index contributed by atoms with van der Waals surface area (Å²) in [6.45, 7) is 4.74. The van der Waals surface area contributed by atoms with Crippen molar-refractivity contribution in [3.8, 4) is 0 Å². The Bertz CT molecular complexity index is 1090. The van der Waals surface area contributed by atoms with Crippen molar-refractivity contribution in [2.75, 3.05) is 31.1 Å². The van der Waals surface area contributed by atoms with Gasteiger partial charge in [0, 0.05) is 43.3 Å². The summed E-state index contributed by atoms with van der Waals surface area (Å²) in [7, 11) is 0. The van der Waals surface area contributed by atoms with E-state index in [2.05, 4.69) is 4.98 Å². The van der Waals surface area contributed by atoms with Crippen LogP contribution < -0.4 is 10.5 Å². The minimum absolute atomic E-state index is 0.0420. The summed E-state index contributed by atoms with van der Waals surface area (Å²) < 4.78 is 1.75. The van der Waals surface area contributed by atoms with Gasteiger partial charge in [-0.1, -0.05) is 29.8 Å². The molecule has 1 amide bonds. The first-order valence-electron chi connectivity index (χ1n) is 9.38. The van der Waals surface area contributed by atoms with E-state index in [4.69, 9.17) is 11.6 Å². The van der Waals surface area contributed by atoms with Crippen molar-refractivity contribution < 1.29 is 4.79 Å². The molecule has 0 spiro atoms. The highest BCUT2D eigenvalue weighted by Gasteiger charge is 2.25. The molecule has 144 valence electrons. The normalized spacial score (nSPS) is 14.5. The number of nitrogens with zero attached hydrogens (tertiary/aromatic N) is 4. The van der Waals surface area contributed by atoms with Gasteiger partial charge in [-0.2, -0.15) is 0 Å². The highest BCUT2D eigenvalue weighted by atomic mass is 35.5. The van der Waals surface area contributed by atoms with E-state index in [9.17, 15) is 9.59 Å². The van der Waals surface area contributed by atoms with E-state index in [0.29, 0.717) is 49.1 Å². The summed E-state index contributed by atoms with van der Waals surface area (Å²) in [6, 6.07) is 14.6. The molecule has 1 saturated heterocycles. The molecular formula is C21H21ClN4O2. The Morgan fingerprint density at radius 3 is 2.54 bits per heavy atom. The number of halogens is 1. The van der Waals surface area contributed by atoms with Crippen LogP contribution >= 0.6 is 11.6 Å². The lowest BCUT2D eigenvalue weighted by Gasteiger charge is -2.35. The summed E-state index contributed by atoms with van der Waals surface area (Å²) in [5, 5.41) is 0.546. The fourth-order valence-corrected chi connectivity index (χ4v) is 3.81. The quantitative estimate of drug-likeness (QED) is 0.682. The van der Waals surface area contributed by atoms with Crippen LogP contribution in [0, 0.1) is 0 Å². The molecule has 7 heteroatoms. The molecule has 0 unspecified atom stereocenters. The number of rotatable bonds is 3. The van der Waals surface area contributed by atoms with Crippen molar-refractivity contribution in [2.24, 2.45) is 0 Å². The van der Waals surface area contributed by atoms with Gasteiger partial charge in [0.05, 0.1) is 11.0 Å². The maximum absolute atomic E-state index is 13.0. The van der Waals surface area contributed by atoms with Gasteiger partial charge in [-0.15, -0.1) is 0 Å². The molecule has 1 fully saturated rings. The highest BCUT2D eigenvalue weighted by molar-refractivity contribution is 6.30. The lowest BCUT2D eigenvalue weighted by molar-refractivity contribution is 0.0746. The SMILES string of the molecule is CCn1c(=O)c(N2CCN(C(=O)c3cccc(Cl)c3)CC2)nc2ccccc21. The summed E-state index contributed by atoms with van der Waals surface area (Å²) in [6.07, 6.45) is 0. The number of hydrogen-bond donors (Lipinski definition) is 0. The van der Waals surface area contributed by atoms with Gasteiger partial charge < -0.3 is 14.4 Å². The second-order valence-corrected chi connectivity index (χ2v) is 7.20. The molecule has 0 bridgehead atoms. The molecule has 3 aromatic rings. The van der Waals surface area contributed by atoms with E-state index in [0.717, 1.165) is 11.0 Å².